The van der Waals surface area contributed by atoms with Crippen molar-refractivity contribution in [2.24, 2.45) is 5.92 Å². The summed E-state index contributed by atoms with van der Waals surface area (Å²) in [6.07, 6.45) is 0. The number of nitrogens with one attached hydrogen (secondary N) is 1. The molecule has 0 atom stereocenters. The molecule has 0 bridgehead atoms. The number of benzene rings is 1. The van der Waals surface area contributed by atoms with Crippen LogP contribution in [0.25, 0.3) is 0 Å². The van der Waals surface area contributed by atoms with E-state index in [0.29, 0.717) is 11.7 Å². The molecular weight excluding hydrogens is 232 g/mol. The molecule has 94 valence electrons. The molecule has 0 saturated carbocycles. The van der Waals surface area contributed by atoms with Crippen LogP contribution in [0.3, 0.4) is 0 Å². The van der Waals surface area contributed by atoms with Crippen LogP contribution in [-0.2, 0) is 4.79 Å². The standard InChI is InChI=1S/C13H20N2OS/c1-9(2)7-15-13(16)8-17-12-5-4-10(3)6-11(12)14/h4-6,9H,7-8,14H2,1-3H3,(H,15,16). The van der Waals surface area contributed by atoms with Crippen LogP contribution in [0.15, 0.2) is 23.1 Å². The molecule has 0 aliphatic rings. The minimum Gasteiger partial charge on any atom is -0.398 e. The number of nitrogen functional groups attached to an aromatic ring is 1. The molecule has 1 aromatic rings. The molecule has 0 aliphatic heterocycles. The minimum atomic E-state index is 0.0590. The number of carbonyl (C=O) groups excluding carboxylic acids is 1. The molecule has 0 fully saturated rings. The number of carbonyl (C=O) groups is 1. The Morgan fingerprint density at radius 3 is 2.76 bits per heavy atom. The lowest BCUT2D eigenvalue weighted by atomic mass is 10.2. The maximum atomic E-state index is 11.5. The number of thioether (sulfide) groups is 1. The van der Waals surface area contributed by atoms with Crippen LogP contribution >= 0.6 is 11.8 Å². The Morgan fingerprint density at radius 2 is 2.18 bits per heavy atom. The van der Waals surface area contributed by atoms with Crippen molar-refractivity contribution in [2.45, 2.75) is 25.7 Å². The Bertz CT molecular complexity index is 391. The summed E-state index contributed by atoms with van der Waals surface area (Å²) >= 11 is 1.48. The fraction of sp³-hybridized carbons (Fsp3) is 0.462. The largest absolute Gasteiger partial charge is 0.398 e. The van der Waals surface area contributed by atoms with E-state index in [1.165, 1.54) is 11.8 Å². The van der Waals surface area contributed by atoms with Gasteiger partial charge in [0.05, 0.1) is 5.75 Å². The van der Waals surface area contributed by atoms with Gasteiger partial charge in [0.25, 0.3) is 0 Å². The Kier molecular flexibility index (Phi) is 5.35. The van der Waals surface area contributed by atoms with E-state index in [4.69, 9.17) is 5.73 Å². The molecule has 0 aliphatic carbocycles. The summed E-state index contributed by atoms with van der Waals surface area (Å²) < 4.78 is 0. The Labute approximate surface area is 107 Å². The molecule has 1 amide bonds. The third kappa shape index (κ3) is 5.13. The van der Waals surface area contributed by atoms with Crippen LogP contribution in [0, 0.1) is 12.8 Å². The van der Waals surface area contributed by atoms with Crippen LogP contribution in [0.1, 0.15) is 19.4 Å². The summed E-state index contributed by atoms with van der Waals surface area (Å²) in [4.78, 5) is 12.5. The van der Waals surface area contributed by atoms with E-state index in [-0.39, 0.29) is 5.91 Å². The van der Waals surface area contributed by atoms with Crippen molar-refractivity contribution < 1.29 is 4.79 Å². The maximum absolute atomic E-state index is 11.5. The summed E-state index contributed by atoms with van der Waals surface area (Å²) in [7, 11) is 0. The third-order valence-electron chi connectivity index (χ3n) is 2.23. The zero-order chi connectivity index (χ0) is 12.8. The Balaban J connectivity index is 2.42. The van der Waals surface area contributed by atoms with Crippen molar-refractivity contribution in [2.75, 3.05) is 18.0 Å². The van der Waals surface area contributed by atoms with Gasteiger partial charge in [-0.3, -0.25) is 4.79 Å². The normalized spacial score (nSPS) is 10.6. The molecule has 4 heteroatoms. The molecule has 3 nitrogen and oxygen atoms in total. The molecular formula is C13H20N2OS. The van der Waals surface area contributed by atoms with E-state index in [0.717, 1.165) is 22.7 Å². The first kappa shape index (κ1) is 13.9. The van der Waals surface area contributed by atoms with Crippen molar-refractivity contribution in [3.05, 3.63) is 23.8 Å². The monoisotopic (exact) mass is 252 g/mol. The summed E-state index contributed by atoms with van der Waals surface area (Å²) in [6.45, 7) is 6.87. The summed E-state index contributed by atoms with van der Waals surface area (Å²) in [5.74, 6) is 0.956. The van der Waals surface area contributed by atoms with Gasteiger partial charge in [-0.05, 0) is 30.5 Å². The number of anilines is 1. The van der Waals surface area contributed by atoms with Crippen molar-refractivity contribution in [1.29, 1.82) is 0 Å². The third-order valence-corrected chi connectivity index (χ3v) is 3.32. The predicted octanol–water partition coefficient (Wildman–Crippen LogP) is 2.44. The average Bonchev–Trinajstić information content (AvgIpc) is 2.25. The van der Waals surface area contributed by atoms with E-state index >= 15 is 0 Å². The highest BCUT2D eigenvalue weighted by atomic mass is 32.2. The lowest BCUT2D eigenvalue weighted by Gasteiger charge is -2.08. The van der Waals surface area contributed by atoms with Crippen LogP contribution in [0.5, 0.6) is 0 Å². The second-order valence-corrected chi connectivity index (χ2v) is 5.55. The maximum Gasteiger partial charge on any atom is 0.230 e. The fourth-order valence-electron chi connectivity index (χ4n) is 1.31. The molecule has 0 heterocycles. The number of nitrogens with two attached hydrogens (primary N) is 1. The van der Waals surface area contributed by atoms with Crippen LogP contribution in [0.2, 0.25) is 0 Å². The number of amides is 1. The first-order valence-electron chi connectivity index (χ1n) is 5.74. The first-order valence-corrected chi connectivity index (χ1v) is 6.73. The zero-order valence-corrected chi connectivity index (χ0v) is 11.4. The zero-order valence-electron chi connectivity index (χ0n) is 10.6. The van der Waals surface area contributed by atoms with Gasteiger partial charge < -0.3 is 11.1 Å². The molecule has 0 unspecified atom stereocenters. The van der Waals surface area contributed by atoms with Gasteiger partial charge in [-0.2, -0.15) is 0 Å². The Morgan fingerprint density at radius 1 is 1.47 bits per heavy atom. The van der Waals surface area contributed by atoms with Gasteiger partial charge >= 0.3 is 0 Å². The molecule has 0 spiro atoms. The second kappa shape index (κ2) is 6.55. The highest BCUT2D eigenvalue weighted by Gasteiger charge is 2.05. The van der Waals surface area contributed by atoms with E-state index in [2.05, 4.69) is 19.2 Å². The summed E-state index contributed by atoms with van der Waals surface area (Å²) in [5.41, 5.74) is 7.75. The highest BCUT2D eigenvalue weighted by Crippen LogP contribution is 2.25. The van der Waals surface area contributed by atoms with Crippen molar-refractivity contribution in [3.63, 3.8) is 0 Å². The molecule has 1 aromatic carbocycles. The number of hydrogen-bond donors (Lipinski definition) is 2. The van der Waals surface area contributed by atoms with Gasteiger partial charge in [0.2, 0.25) is 5.91 Å². The average molecular weight is 252 g/mol. The number of rotatable bonds is 5. The first-order chi connectivity index (χ1) is 7.99. The van der Waals surface area contributed by atoms with E-state index in [9.17, 15) is 4.79 Å². The minimum absolute atomic E-state index is 0.0590. The van der Waals surface area contributed by atoms with Crippen molar-refractivity contribution in [1.82, 2.24) is 5.32 Å². The van der Waals surface area contributed by atoms with Gasteiger partial charge in [-0.1, -0.05) is 19.9 Å². The van der Waals surface area contributed by atoms with Gasteiger partial charge in [0.15, 0.2) is 0 Å². The van der Waals surface area contributed by atoms with E-state index < -0.39 is 0 Å². The second-order valence-electron chi connectivity index (χ2n) is 4.53. The van der Waals surface area contributed by atoms with Crippen LogP contribution in [-0.4, -0.2) is 18.2 Å². The van der Waals surface area contributed by atoms with Crippen molar-refractivity contribution >= 4 is 23.4 Å². The lowest BCUT2D eigenvalue weighted by Crippen LogP contribution is -2.28. The van der Waals surface area contributed by atoms with E-state index in [1.807, 2.05) is 25.1 Å². The molecule has 0 radical (unpaired) electrons. The number of aryl methyl sites for hydroxylation is 1. The predicted molar refractivity (Wildman–Crippen MR) is 74.2 cm³/mol. The Hall–Kier alpha value is -1.16. The van der Waals surface area contributed by atoms with Gasteiger partial charge in [-0.15, -0.1) is 11.8 Å². The van der Waals surface area contributed by atoms with Gasteiger partial charge in [-0.25, -0.2) is 0 Å². The molecule has 0 saturated heterocycles. The number of hydrogen-bond acceptors (Lipinski definition) is 3. The molecule has 0 aromatic heterocycles. The summed E-state index contributed by atoms with van der Waals surface area (Å²) in [6, 6.07) is 5.89. The van der Waals surface area contributed by atoms with E-state index in [1.54, 1.807) is 0 Å². The lowest BCUT2D eigenvalue weighted by molar-refractivity contribution is -0.118. The molecule has 3 N–H and O–H groups in total. The quantitative estimate of drug-likeness (QED) is 0.625. The summed E-state index contributed by atoms with van der Waals surface area (Å²) in [5, 5.41) is 2.88. The van der Waals surface area contributed by atoms with Crippen molar-refractivity contribution in [3.8, 4) is 0 Å². The molecule has 1 rings (SSSR count). The SMILES string of the molecule is Cc1ccc(SCC(=O)NCC(C)C)c(N)c1. The topological polar surface area (TPSA) is 55.1 Å². The van der Waals surface area contributed by atoms with Gasteiger partial charge in [0.1, 0.15) is 0 Å². The van der Waals surface area contributed by atoms with Crippen LogP contribution < -0.4 is 11.1 Å². The fourth-order valence-corrected chi connectivity index (χ4v) is 2.09. The highest BCUT2D eigenvalue weighted by molar-refractivity contribution is 8.00. The van der Waals surface area contributed by atoms with Gasteiger partial charge in [0, 0.05) is 17.1 Å². The van der Waals surface area contributed by atoms with Crippen LogP contribution in [0.4, 0.5) is 5.69 Å². The molecule has 17 heavy (non-hydrogen) atoms. The smallest absolute Gasteiger partial charge is 0.230 e.